The summed E-state index contributed by atoms with van der Waals surface area (Å²) in [7, 11) is 0. The fraction of sp³-hybridized carbons (Fsp3) is 0.458. The first-order valence-corrected chi connectivity index (χ1v) is 21.5. The molecule has 0 bridgehead atoms. The molecule has 60 heavy (non-hydrogen) atoms. The predicted molar refractivity (Wildman–Crippen MR) is 227 cm³/mol. The van der Waals surface area contributed by atoms with Crippen LogP contribution in [0.3, 0.4) is 0 Å². The first-order chi connectivity index (χ1) is 29.0. The van der Waals surface area contributed by atoms with E-state index in [2.05, 4.69) is 20.4 Å². The molecular formula is C48H56N4O8. The Bertz CT molecular complexity index is 2020. The first-order valence-electron chi connectivity index (χ1n) is 21.5. The molecule has 2 aliphatic carbocycles. The second-order valence-corrected chi connectivity index (χ2v) is 17.9. The van der Waals surface area contributed by atoms with Crippen molar-refractivity contribution in [2.75, 3.05) is 49.9 Å². The minimum absolute atomic E-state index is 0.0327. The Hall–Kier alpha value is -4.82. The number of β-amino-alcohol motifs (C(OH)–C–C–N with tert-alkyl or cyclic N) is 4. The smallest absolute Gasteiger partial charge is 0.224 e. The van der Waals surface area contributed by atoms with Gasteiger partial charge in [0.15, 0.2) is 0 Å². The zero-order valence-electron chi connectivity index (χ0n) is 33.9. The third-order valence-electron chi connectivity index (χ3n) is 13.5. The van der Waals surface area contributed by atoms with Crippen LogP contribution in [0, 0.1) is 11.8 Å². The molecule has 0 radical (unpaired) electrons. The van der Waals surface area contributed by atoms with E-state index in [0.29, 0.717) is 64.7 Å². The molecule has 4 fully saturated rings. The molecule has 0 aromatic heterocycles. The molecule has 316 valence electrons. The molecule has 0 unspecified atom stereocenters. The molecule has 8 atom stereocenters. The van der Waals surface area contributed by atoms with E-state index < -0.39 is 23.4 Å². The van der Waals surface area contributed by atoms with Crippen LogP contribution in [0.1, 0.15) is 73.0 Å². The number of hydrogen-bond donors (Lipinski definition) is 6. The van der Waals surface area contributed by atoms with Crippen molar-refractivity contribution in [2.45, 2.75) is 87.0 Å². The third-order valence-corrected chi connectivity index (χ3v) is 13.5. The largest absolute Gasteiger partial charge is 0.490 e. The van der Waals surface area contributed by atoms with Crippen molar-refractivity contribution in [2.24, 2.45) is 11.8 Å². The van der Waals surface area contributed by atoms with Crippen LogP contribution in [0.15, 0.2) is 97.1 Å². The zero-order chi connectivity index (χ0) is 41.4. The van der Waals surface area contributed by atoms with E-state index in [0.717, 1.165) is 71.1 Å². The number of ether oxygens (including phenoxy) is 2. The quantitative estimate of drug-likeness (QED) is 0.128. The summed E-state index contributed by atoms with van der Waals surface area (Å²) in [5.74, 6) is 2.11. The van der Waals surface area contributed by atoms with E-state index in [1.54, 1.807) is 0 Å². The SMILES string of the molecule is O=C1CCc2cc([C@@H](O)CN3C[C@H]4C[C@H](Oc5ccccc5)C[C@@]4(O)C3)ccc2N1.O=C1CCc2cc([C@H](O)CN3C[C@H]4C[C@H](Oc5ccccc5)C[C@@]4(O)C3)ccc2N1. The van der Waals surface area contributed by atoms with Crippen LogP contribution >= 0.6 is 0 Å². The van der Waals surface area contributed by atoms with Gasteiger partial charge in [0, 0.05) is 88.2 Å². The first kappa shape index (κ1) is 40.6. The maximum absolute atomic E-state index is 11.5. The Balaban J connectivity index is 0.000000154. The summed E-state index contributed by atoms with van der Waals surface area (Å²) in [6.07, 6.45) is 4.11. The highest BCUT2D eigenvalue weighted by molar-refractivity contribution is 5.94. The van der Waals surface area contributed by atoms with Crippen LogP contribution in [0.2, 0.25) is 0 Å². The van der Waals surface area contributed by atoms with Crippen molar-refractivity contribution in [3.63, 3.8) is 0 Å². The minimum atomic E-state index is -0.751. The molecule has 4 aromatic rings. The summed E-state index contributed by atoms with van der Waals surface area (Å²) in [6, 6.07) is 31.1. The maximum Gasteiger partial charge on any atom is 0.224 e. The fourth-order valence-electron chi connectivity index (χ4n) is 10.5. The maximum atomic E-state index is 11.5. The molecule has 2 saturated heterocycles. The predicted octanol–water partition coefficient (Wildman–Crippen LogP) is 5.02. The summed E-state index contributed by atoms with van der Waals surface area (Å²) in [5.41, 5.74) is 4.05. The van der Waals surface area contributed by atoms with Crippen LogP contribution in [0.25, 0.3) is 0 Å². The van der Waals surface area contributed by atoms with Gasteiger partial charge in [-0.15, -0.1) is 0 Å². The van der Waals surface area contributed by atoms with Gasteiger partial charge < -0.3 is 40.5 Å². The van der Waals surface area contributed by atoms with Gasteiger partial charge in [-0.05, 0) is 84.3 Å². The van der Waals surface area contributed by atoms with E-state index in [-0.39, 0.29) is 35.9 Å². The van der Waals surface area contributed by atoms with Gasteiger partial charge in [0.1, 0.15) is 23.7 Å². The molecule has 4 heterocycles. The van der Waals surface area contributed by atoms with Crippen LogP contribution < -0.4 is 20.1 Å². The highest BCUT2D eigenvalue weighted by Gasteiger charge is 2.54. The number of nitrogens with one attached hydrogen (secondary N) is 2. The van der Waals surface area contributed by atoms with Crippen molar-refractivity contribution < 1.29 is 39.5 Å². The zero-order valence-corrected chi connectivity index (χ0v) is 33.9. The topological polar surface area (TPSA) is 164 Å². The molecule has 12 nitrogen and oxygen atoms in total. The Morgan fingerprint density at radius 2 is 1.02 bits per heavy atom. The van der Waals surface area contributed by atoms with Gasteiger partial charge in [0.05, 0.1) is 23.4 Å². The Labute approximate surface area is 351 Å². The third kappa shape index (κ3) is 8.95. The molecule has 6 aliphatic rings. The monoisotopic (exact) mass is 816 g/mol. The number of aryl methyl sites for hydroxylation is 2. The van der Waals surface area contributed by atoms with E-state index in [1.807, 2.05) is 97.1 Å². The molecule has 12 heteroatoms. The lowest BCUT2D eigenvalue weighted by Gasteiger charge is -2.25. The van der Waals surface area contributed by atoms with Gasteiger partial charge in [-0.2, -0.15) is 0 Å². The number of benzene rings is 4. The van der Waals surface area contributed by atoms with E-state index >= 15 is 0 Å². The number of anilines is 2. The number of nitrogens with zero attached hydrogens (tertiary/aromatic N) is 2. The van der Waals surface area contributed by atoms with Crippen LogP contribution in [-0.4, -0.2) is 105 Å². The Morgan fingerprint density at radius 1 is 0.600 bits per heavy atom. The number of carbonyl (C=O) groups is 2. The molecule has 6 N–H and O–H groups in total. The molecule has 10 rings (SSSR count). The normalized spacial score (nSPS) is 29.2. The summed E-state index contributed by atoms with van der Waals surface area (Å²) in [4.78, 5) is 27.4. The summed E-state index contributed by atoms with van der Waals surface area (Å²) in [5, 5.41) is 49.7. The lowest BCUT2D eigenvalue weighted by atomic mass is 9.95. The molecule has 0 spiro atoms. The standard InChI is InChI=1S/2C24H28N2O4/c2*27-22(17-6-8-21-16(10-17)7-9-23(28)25-21)14-26-13-18-11-20(12-24(18,29)15-26)30-19-4-2-1-3-5-19/h2*1-6,8,10,18,20,22,27,29H,7,9,11-15H2,(H,25,28)/t18-,20+,22+,24-;18-,20+,22-,24-/m11/s1. The molecular weight excluding hydrogens is 761 g/mol. The minimum Gasteiger partial charge on any atom is -0.490 e. The average Bonchev–Trinajstić information content (AvgIpc) is 3.90. The second kappa shape index (κ2) is 16.9. The average molecular weight is 817 g/mol. The van der Waals surface area contributed by atoms with Gasteiger partial charge in [0.2, 0.25) is 11.8 Å². The number of rotatable bonds is 10. The number of fused-ring (bicyclic) bond motifs is 4. The van der Waals surface area contributed by atoms with Gasteiger partial charge >= 0.3 is 0 Å². The fourth-order valence-corrected chi connectivity index (χ4v) is 10.5. The Kier molecular flexibility index (Phi) is 11.4. The number of aliphatic hydroxyl groups excluding tert-OH is 2. The van der Waals surface area contributed by atoms with Crippen molar-refractivity contribution in [1.82, 2.24) is 9.80 Å². The van der Waals surface area contributed by atoms with Gasteiger partial charge in [0.25, 0.3) is 0 Å². The summed E-state index contributed by atoms with van der Waals surface area (Å²) >= 11 is 0. The summed E-state index contributed by atoms with van der Waals surface area (Å²) < 4.78 is 12.1. The van der Waals surface area contributed by atoms with E-state index in [1.165, 1.54) is 0 Å². The lowest BCUT2D eigenvalue weighted by molar-refractivity contribution is -0.117. The van der Waals surface area contributed by atoms with Crippen LogP contribution in [0.5, 0.6) is 11.5 Å². The summed E-state index contributed by atoms with van der Waals surface area (Å²) in [6.45, 7) is 3.64. The Morgan fingerprint density at radius 3 is 1.42 bits per heavy atom. The van der Waals surface area contributed by atoms with Crippen LogP contribution in [-0.2, 0) is 22.4 Å². The number of carbonyl (C=O) groups excluding carboxylic acids is 2. The van der Waals surface area contributed by atoms with Crippen molar-refractivity contribution in [3.05, 3.63) is 119 Å². The van der Waals surface area contributed by atoms with Crippen molar-refractivity contribution >= 4 is 23.2 Å². The molecule has 2 amide bonds. The van der Waals surface area contributed by atoms with Gasteiger partial charge in [-0.1, -0.05) is 60.7 Å². The second-order valence-electron chi connectivity index (χ2n) is 17.9. The van der Waals surface area contributed by atoms with Crippen molar-refractivity contribution in [3.8, 4) is 11.5 Å². The molecule has 2 saturated carbocycles. The number of likely N-dealkylation sites (tertiary alicyclic amines) is 2. The van der Waals surface area contributed by atoms with E-state index in [9.17, 15) is 30.0 Å². The lowest BCUT2D eigenvalue weighted by Crippen LogP contribution is -2.36. The van der Waals surface area contributed by atoms with E-state index in [4.69, 9.17) is 9.47 Å². The van der Waals surface area contributed by atoms with Gasteiger partial charge in [-0.25, -0.2) is 0 Å². The molecule has 4 aromatic carbocycles. The van der Waals surface area contributed by atoms with Crippen LogP contribution in [0.4, 0.5) is 11.4 Å². The van der Waals surface area contributed by atoms with Crippen molar-refractivity contribution in [1.29, 1.82) is 0 Å². The number of aliphatic hydroxyl groups is 4. The molecule has 4 aliphatic heterocycles. The highest BCUT2D eigenvalue weighted by Crippen LogP contribution is 2.45. The van der Waals surface area contributed by atoms with Gasteiger partial charge in [-0.3, -0.25) is 19.4 Å². The number of amides is 2. The number of para-hydroxylation sites is 2. The highest BCUT2D eigenvalue weighted by atomic mass is 16.5. The number of hydrogen-bond acceptors (Lipinski definition) is 10.